The van der Waals surface area contributed by atoms with Crippen LogP contribution in [0, 0.1) is 5.92 Å². The Morgan fingerprint density at radius 3 is 2.78 bits per heavy atom. The van der Waals surface area contributed by atoms with Crippen LogP contribution in [-0.2, 0) is 11.3 Å². The van der Waals surface area contributed by atoms with Gasteiger partial charge in [0.2, 0.25) is 5.91 Å². The Morgan fingerprint density at radius 2 is 2.13 bits per heavy atom. The lowest BCUT2D eigenvalue weighted by Crippen LogP contribution is -2.35. The molecule has 0 spiro atoms. The Labute approximate surface area is 133 Å². The standard InChI is InChI=1S/C16H20N6O/c1-10(2)15(16-18-11-5-3-4-6-12(11)19-16)20-14(23)9-22-8-7-13(17)21-22/h3-8,10,15H,9H2,1-2H3,(H2,17,21)(H,18,19)(H,20,23). The fraction of sp³-hybridized carbons (Fsp3) is 0.312. The maximum absolute atomic E-state index is 12.3. The first-order valence-corrected chi connectivity index (χ1v) is 7.56. The van der Waals surface area contributed by atoms with E-state index in [-0.39, 0.29) is 24.4 Å². The Bertz CT molecular complexity index is 786. The highest BCUT2D eigenvalue weighted by Gasteiger charge is 2.22. The van der Waals surface area contributed by atoms with Gasteiger partial charge in [-0.15, -0.1) is 0 Å². The number of nitrogens with one attached hydrogen (secondary N) is 2. The third-order valence-corrected chi connectivity index (χ3v) is 3.65. The van der Waals surface area contributed by atoms with Crippen molar-refractivity contribution in [2.75, 3.05) is 5.73 Å². The molecule has 1 atom stereocenters. The summed E-state index contributed by atoms with van der Waals surface area (Å²) >= 11 is 0. The van der Waals surface area contributed by atoms with Gasteiger partial charge in [-0.3, -0.25) is 9.48 Å². The monoisotopic (exact) mass is 312 g/mol. The molecule has 1 aromatic carbocycles. The van der Waals surface area contributed by atoms with Crippen LogP contribution in [0.4, 0.5) is 5.82 Å². The van der Waals surface area contributed by atoms with Crippen LogP contribution in [-0.4, -0.2) is 25.7 Å². The number of amides is 1. The van der Waals surface area contributed by atoms with E-state index in [1.165, 1.54) is 4.68 Å². The third kappa shape index (κ3) is 3.33. The maximum atomic E-state index is 12.3. The van der Waals surface area contributed by atoms with Gasteiger partial charge in [0.25, 0.3) is 0 Å². The fourth-order valence-electron chi connectivity index (χ4n) is 2.50. The number of hydrogen-bond donors (Lipinski definition) is 3. The average Bonchev–Trinajstić information content (AvgIpc) is 3.10. The van der Waals surface area contributed by atoms with Crippen LogP contribution < -0.4 is 11.1 Å². The molecule has 0 aliphatic rings. The lowest BCUT2D eigenvalue weighted by Gasteiger charge is -2.20. The van der Waals surface area contributed by atoms with Crippen molar-refractivity contribution in [3.05, 3.63) is 42.4 Å². The number of para-hydroxylation sites is 2. The number of nitrogens with two attached hydrogens (primary N) is 1. The number of carbonyl (C=O) groups is 1. The Morgan fingerprint density at radius 1 is 1.35 bits per heavy atom. The van der Waals surface area contributed by atoms with Gasteiger partial charge in [-0.25, -0.2) is 4.98 Å². The van der Waals surface area contributed by atoms with Crippen molar-refractivity contribution in [2.45, 2.75) is 26.4 Å². The topological polar surface area (TPSA) is 102 Å². The van der Waals surface area contributed by atoms with E-state index in [4.69, 9.17) is 5.73 Å². The summed E-state index contributed by atoms with van der Waals surface area (Å²) in [5.41, 5.74) is 7.41. The highest BCUT2D eigenvalue weighted by molar-refractivity contribution is 5.77. The van der Waals surface area contributed by atoms with Crippen LogP contribution in [0.5, 0.6) is 0 Å². The molecule has 7 heteroatoms. The molecule has 4 N–H and O–H groups in total. The molecule has 7 nitrogen and oxygen atoms in total. The van der Waals surface area contributed by atoms with Crippen LogP contribution in [0.15, 0.2) is 36.5 Å². The number of benzene rings is 1. The average molecular weight is 312 g/mol. The molecular formula is C16H20N6O. The lowest BCUT2D eigenvalue weighted by molar-refractivity contribution is -0.123. The zero-order valence-electron chi connectivity index (χ0n) is 13.2. The number of anilines is 1. The molecule has 23 heavy (non-hydrogen) atoms. The predicted molar refractivity (Wildman–Crippen MR) is 88.5 cm³/mol. The second kappa shape index (κ2) is 6.12. The number of H-pyrrole nitrogens is 1. The summed E-state index contributed by atoms with van der Waals surface area (Å²) in [4.78, 5) is 20.1. The van der Waals surface area contributed by atoms with Gasteiger partial charge in [-0.05, 0) is 24.1 Å². The number of aromatic amines is 1. The molecule has 120 valence electrons. The first-order valence-electron chi connectivity index (χ1n) is 7.56. The highest BCUT2D eigenvalue weighted by Crippen LogP contribution is 2.22. The van der Waals surface area contributed by atoms with E-state index in [1.54, 1.807) is 12.3 Å². The molecule has 3 rings (SSSR count). The molecule has 2 heterocycles. The number of nitrogens with zero attached hydrogens (tertiary/aromatic N) is 3. The summed E-state index contributed by atoms with van der Waals surface area (Å²) in [5.74, 6) is 1.22. The van der Waals surface area contributed by atoms with E-state index in [2.05, 4.69) is 20.4 Å². The Kier molecular flexibility index (Phi) is 4.01. The SMILES string of the molecule is CC(C)C(NC(=O)Cn1ccc(N)n1)c1nc2ccccc2[nH]1. The van der Waals surface area contributed by atoms with E-state index >= 15 is 0 Å². The van der Waals surface area contributed by atoms with Crippen molar-refractivity contribution >= 4 is 22.8 Å². The summed E-state index contributed by atoms with van der Waals surface area (Å²) in [6, 6.07) is 9.28. The smallest absolute Gasteiger partial charge is 0.242 e. The molecule has 1 unspecified atom stereocenters. The van der Waals surface area contributed by atoms with Gasteiger partial charge in [0.1, 0.15) is 18.2 Å². The van der Waals surface area contributed by atoms with E-state index < -0.39 is 0 Å². The van der Waals surface area contributed by atoms with Crippen molar-refractivity contribution in [2.24, 2.45) is 5.92 Å². The molecule has 3 aromatic rings. The molecule has 2 aromatic heterocycles. The zero-order chi connectivity index (χ0) is 16.4. The minimum absolute atomic E-state index is 0.126. The highest BCUT2D eigenvalue weighted by atomic mass is 16.2. The first kappa shape index (κ1) is 15.1. The summed E-state index contributed by atoms with van der Waals surface area (Å²) in [6.07, 6.45) is 1.68. The lowest BCUT2D eigenvalue weighted by atomic mass is 10.0. The van der Waals surface area contributed by atoms with Crippen molar-refractivity contribution in [3.8, 4) is 0 Å². The number of rotatable bonds is 5. The largest absolute Gasteiger partial charge is 0.382 e. The molecule has 0 aliphatic heterocycles. The molecule has 0 fully saturated rings. The van der Waals surface area contributed by atoms with E-state index in [0.717, 1.165) is 16.9 Å². The van der Waals surface area contributed by atoms with Gasteiger partial charge < -0.3 is 16.0 Å². The second-order valence-corrected chi connectivity index (χ2v) is 5.87. The van der Waals surface area contributed by atoms with E-state index in [9.17, 15) is 4.79 Å². The zero-order valence-corrected chi connectivity index (χ0v) is 13.2. The predicted octanol–water partition coefficient (Wildman–Crippen LogP) is 1.86. The minimum Gasteiger partial charge on any atom is -0.382 e. The summed E-state index contributed by atoms with van der Waals surface area (Å²) in [6.45, 7) is 4.22. The normalized spacial score (nSPS) is 12.7. The van der Waals surface area contributed by atoms with Crippen molar-refractivity contribution in [1.82, 2.24) is 25.1 Å². The van der Waals surface area contributed by atoms with Gasteiger partial charge in [-0.1, -0.05) is 26.0 Å². The number of carbonyl (C=O) groups excluding carboxylic acids is 1. The molecule has 0 saturated carbocycles. The minimum atomic E-state index is -0.192. The molecule has 0 radical (unpaired) electrons. The number of imidazole rings is 1. The number of nitrogen functional groups attached to an aromatic ring is 1. The molecule has 1 amide bonds. The first-order chi connectivity index (χ1) is 11.0. The van der Waals surface area contributed by atoms with Gasteiger partial charge in [0, 0.05) is 6.20 Å². The fourth-order valence-corrected chi connectivity index (χ4v) is 2.50. The number of fused-ring (bicyclic) bond motifs is 1. The van der Waals surface area contributed by atoms with E-state index in [0.29, 0.717) is 5.82 Å². The molecule has 0 aliphatic carbocycles. The summed E-state index contributed by atoms with van der Waals surface area (Å²) in [7, 11) is 0. The van der Waals surface area contributed by atoms with Gasteiger partial charge in [0.05, 0.1) is 17.1 Å². The van der Waals surface area contributed by atoms with E-state index in [1.807, 2.05) is 38.1 Å². The van der Waals surface area contributed by atoms with Crippen molar-refractivity contribution < 1.29 is 4.79 Å². The molecular weight excluding hydrogens is 292 g/mol. The van der Waals surface area contributed by atoms with Crippen LogP contribution in [0.3, 0.4) is 0 Å². The second-order valence-electron chi connectivity index (χ2n) is 5.87. The van der Waals surface area contributed by atoms with Crippen molar-refractivity contribution in [1.29, 1.82) is 0 Å². The molecule has 0 bridgehead atoms. The summed E-state index contributed by atoms with van der Waals surface area (Å²) < 4.78 is 1.51. The number of aromatic nitrogens is 4. The van der Waals surface area contributed by atoms with Crippen LogP contribution in [0.2, 0.25) is 0 Å². The van der Waals surface area contributed by atoms with Gasteiger partial charge in [-0.2, -0.15) is 5.10 Å². The van der Waals surface area contributed by atoms with Crippen LogP contribution in [0.1, 0.15) is 25.7 Å². The van der Waals surface area contributed by atoms with Crippen molar-refractivity contribution in [3.63, 3.8) is 0 Å². The number of hydrogen-bond acceptors (Lipinski definition) is 4. The van der Waals surface area contributed by atoms with Crippen LogP contribution >= 0.6 is 0 Å². The summed E-state index contributed by atoms with van der Waals surface area (Å²) in [5, 5.41) is 7.04. The Balaban J connectivity index is 1.77. The van der Waals surface area contributed by atoms with Gasteiger partial charge in [0.15, 0.2) is 0 Å². The Hall–Kier alpha value is -2.83. The molecule has 0 saturated heterocycles. The quantitative estimate of drug-likeness (QED) is 0.669. The maximum Gasteiger partial charge on any atom is 0.242 e. The third-order valence-electron chi connectivity index (χ3n) is 3.65. The van der Waals surface area contributed by atoms with Crippen LogP contribution in [0.25, 0.3) is 11.0 Å². The van der Waals surface area contributed by atoms with Gasteiger partial charge >= 0.3 is 0 Å².